The summed E-state index contributed by atoms with van der Waals surface area (Å²) >= 11 is 6.69. The third-order valence-corrected chi connectivity index (χ3v) is 2.59. The first-order valence-corrected chi connectivity index (χ1v) is 5.92. The van der Waals surface area contributed by atoms with Gasteiger partial charge in [0.15, 0.2) is 5.78 Å². The van der Waals surface area contributed by atoms with E-state index in [0.717, 1.165) is 8.95 Å². The van der Waals surface area contributed by atoms with Crippen LogP contribution in [0.4, 0.5) is 0 Å². The molecule has 2 nitrogen and oxygen atoms in total. The highest BCUT2D eigenvalue weighted by Gasteiger charge is 2.04. The number of hydrogen-bond acceptors (Lipinski definition) is 2. The van der Waals surface area contributed by atoms with Crippen molar-refractivity contribution in [2.75, 3.05) is 14.1 Å². The van der Waals surface area contributed by atoms with Gasteiger partial charge in [-0.25, -0.2) is 0 Å². The summed E-state index contributed by atoms with van der Waals surface area (Å²) in [5.41, 5.74) is 0.661. The Kier molecular flexibility index (Phi) is 4.54. The van der Waals surface area contributed by atoms with Gasteiger partial charge in [-0.1, -0.05) is 31.9 Å². The van der Waals surface area contributed by atoms with Crippen molar-refractivity contribution in [3.05, 3.63) is 45.0 Å². The highest BCUT2D eigenvalue weighted by atomic mass is 79.9. The minimum Gasteiger partial charge on any atom is -0.383 e. The summed E-state index contributed by atoms with van der Waals surface area (Å²) in [4.78, 5) is 13.5. The highest BCUT2D eigenvalue weighted by Crippen LogP contribution is 2.20. The second-order valence-corrected chi connectivity index (χ2v) is 5.13. The van der Waals surface area contributed by atoms with Gasteiger partial charge in [0.2, 0.25) is 0 Å². The number of carbonyl (C=O) groups excluding carboxylic acids is 1. The summed E-state index contributed by atoms with van der Waals surface area (Å²) in [5, 5.41) is 0. The maximum Gasteiger partial charge on any atom is 0.187 e. The average Bonchev–Trinajstić information content (AvgIpc) is 2.12. The molecule has 0 atom stereocenters. The molecule has 1 aromatic rings. The van der Waals surface area contributed by atoms with Crippen molar-refractivity contribution in [2.45, 2.75) is 0 Å². The zero-order valence-corrected chi connectivity index (χ0v) is 11.7. The standard InChI is InChI=1S/C11H11Br2NO/c1-14(2)4-3-11(15)8-5-9(12)7-10(13)6-8/h3-7H,1-2H3. The normalized spacial score (nSPS) is 10.7. The SMILES string of the molecule is CN(C)C=CC(=O)c1cc(Br)cc(Br)c1. The number of halogens is 2. The molecule has 0 aliphatic heterocycles. The van der Waals surface area contributed by atoms with Gasteiger partial charge in [0.1, 0.15) is 0 Å². The Morgan fingerprint density at radius 1 is 1.20 bits per heavy atom. The molecule has 1 rings (SSSR count). The van der Waals surface area contributed by atoms with Crippen molar-refractivity contribution < 1.29 is 4.79 Å². The van der Waals surface area contributed by atoms with Crippen LogP contribution < -0.4 is 0 Å². The molecule has 0 bridgehead atoms. The van der Waals surface area contributed by atoms with Crippen molar-refractivity contribution >= 4 is 37.6 Å². The van der Waals surface area contributed by atoms with E-state index in [4.69, 9.17) is 0 Å². The van der Waals surface area contributed by atoms with Crippen LogP contribution in [0.1, 0.15) is 10.4 Å². The van der Waals surface area contributed by atoms with Crippen LogP contribution in [0.15, 0.2) is 39.4 Å². The number of benzene rings is 1. The largest absolute Gasteiger partial charge is 0.383 e. The second kappa shape index (κ2) is 5.47. The smallest absolute Gasteiger partial charge is 0.187 e. The van der Waals surface area contributed by atoms with Crippen molar-refractivity contribution in [1.82, 2.24) is 4.90 Å². The predicted octanol–water partition coefficient (Wildman–Crippen LogP) is 3.47. The van der Waals surface area contributed by atoms with Gasteiger partial charge in [0.05, 0.1) is 0 Å². The first kappa shape index (κ1) is 12.5. The Morgan fingerprint density at radius 2 is 1.73 bits per heavy atom. The first-order valence-electron chi connectivity index (χ1n) is 4.34. The van der Waals surface area contributed by atoms with E-state index in [0.29, 0.717) is 5.56 Å². The van der Waals surface area contributed by atoms with Gasteiger partial charge in [0.25, 0.3) is 0 Å². The van der Waals surface area contributed by atoms with Crippen LogP contribution in [0.3, 0.4) is 0 Å². The molecule has 0 aliphatic rings. The molecule has 0 heterocycles. The van der Waals surface area contributed by atoms with Crippen LogP contribution in [0.5, 0.6) is 0 Å². The Balaban J connectivity index is 2.91. The van der Waals surface area contributed by atoms with Gasteiger partial charge in [-0.05, 0) is 18.2 Å². The molecule has 0 spiro atoms. The Labute approximate surface area is 106 Å². The van der Waals surface area contributed by atoms with Crippen molar-refractivity contribution in [2.24, 2.45) is 0 Å². The topological polar surface area (TPSA) is 20.3 Å². The molecule has 15 heavy (non-hydrogen) atoms. The highest BCUT2D eigenvalue weighted by molar-refractivity contribution is 9.11. The molecule has 0 unspecified atom stereocenters. The van der Waals surface area contributed by atoms with Crippen LogP contribution >= 0.6 is 31.9 Å². The van der Waals surface area contributed by atoms with Crippen molar-refractivity contribution in [3.8, 4) is 0 Å². The quantitative estimate of drug-likeness (QED) is 0.624. The molecule has 0 saturated heterocycles. The van der Waals surface area contributed by atoms with Gasteiger partial charge < -0.3 is 4.90 Å². The first-order chi connectivity index (χ1) is 6.99. The third-order valence-electron chi connectivity index (χ3n) is 1.67. The van der Waals surface area contributed by atoms with E-state index in [1.807, 2.05) is 25.1 Å². The van der Waals surface area contributed by atoms with Gasteiger partial charge in [-0.15, -0.1) is 0 Å². The van der Waals surface area contributed by atoms with E-state index >= 15 is 0 Å². The molecule has 0 amide bonds. The number of rotatable bonds is 3. The third kappa shape index (κ3) is 4.18. The summed E-state index contributed by atoms with van der Waals surface area (Å²) in [6.45, 7) is 0. The van der Waals surface area contributed by atoms with Gasteiger partial charge in [0, 0.05) is 40.9 Å². The molecule has 80 valence electrons. The number of carbonyl (C=O) groups is 1. The summed E-state index contributed by atoms with van der Waals surface area (Å²) in [7, 11) is 3.75. The monoisotopic (exact) mass is 331 g/mol. The van der Waals surface area contributed by atoms with Gasteiger partial charge in [-0.3, -0.25) is 4.79 Å². The van der Waals surface area contributed by atoms with Gasteiger partial charge >= 0.3 is 0 Å². The zero-order chi connectivity index (χ0) is 11.4. The molecule has 0 radical (unpaired) electrons. The molecule has 0 aliphatic carbocycles. The van der Waals surface area contributed by atoms with E-state index in [1.54, 1.807) is 24.4 Å². The molecule has 4 heteroatoms. The molecule has 0 N–H and O–H groups in total. The summed E-state index contributed by atoms with van der Waals surface area (Å²) in [6.07, 6.45) is 3.28. The minimum absolute atomic E-state index is 0.00861. The molecule has 0 fully saturated rings. The van der Waals surface area contributed by atoms with Crippen LogP contribution in [0.25, 0.3) is 0 Å². The lowest BCUT2D eigenvalue weighted by Gasteiger charge is -2.03. The van der Waals surface area contributed by atoms with Crippen molar-refractivity contribution in [1.29, 1.82) is 0 Å². The van der Waals surface area contributed by atoms with E-state index in [2.05, 4.69) is 31.9 Å². The van der Waals surface area contributed by atoms with Crippen LogP contribution in [-0.4, -0.2) is 24.8 Å². The van der Waals surface area contributed by atoms with E-state index < -0.39 is 0 Å². The van der Waals surface area contributed by atoms with Crippen LogP contribution in [0, 0.1) is 0 Å². The molecule has 1 aromatic carbocycles. The Bertz CT molecular complexity index is 379. The lowest BCUT2D eigenvalue weighted by Crippen LogP contribution is -2.03. The Morgan fingerprint density at radius 3 is 2.20 bits per heavy atom. The molecule has 0 saturated carbocycles. The van der Waals surface area contributed by atoms with E-state index in [9.17, 15) is 4.79 Å². The summed E-state index contributed by atoms with van der Waals surface area (Å²) in [5.74, 6) is -0.00861. The second-order valence-electron chi connectivity index (χ2n) is 3.30. The fraction of sp³-hybridized carbons (Fsp3) is 0.182. The maximum absolute atomic E-state index is 11.7. The minimum atomic E-state index is -0.00861. The van der Waals surface area contributed by atoms with E-state index in [1.165, 1.54) is 0 Å². The summed E-state index contributed by atoms with van der Waals surface area (Å²) in [6, 6.07) is 5.49. The molecular formula is C11H11Br2NO. The fourth-order valence-electron chi connectivity index (χ4n) is 1.01. The Hall–Kier alpha value is -0.610. The van der Waals surface area contributed by atoms with Crippen molar-refractivity contribution in [3.63, 3.8) is 0 Å². The van der Waals surface area contributed by atoms with Gasteiger partial charge in [-0.2, -0.15) is 0 Å². The predicted molar refractivity (Wildman–Crippen MR) is 69.0 cm³/mol. The molecule has 0 aromatic heterocycles. The number of hydrogen-bond donors (Lipinski definition) is 0. The number of nitrogens with zero attached hydrogens (tertiary/aromatic N) is 1. The van der Waals surface area contributed by atoms with Crippen LogP contribution in [-0.2, 0) is 0 Å². The van der Waals surface area contributed by atoms with Crippen LogP contribution in [0.2, 0.25) is 0 Å². The maximum atomic E-state index is 11.7. The average molecular weight is 333 g/mol. The fourth-order valence-corrected chi connectivity index (χ4v) is 2.30. The zero-order valence-electron chi connectivity index (χ0n) is 8.50. The van der Waals surface area contributed by atoms with E-state index in [-0.39, 0.29) is 5.78 Å². The summed E-state index contributed by atoms with van der Waals surface area (Å²) < 4.78 is 1.77. The number of ketones is 1. The molecular weight excluding hydrogens is 322 g/mol. The lowest BCUT2D eigenvalue weighted by atomic mass is 10.1. The lowest BCUT2D eigenvalue weighted by molar-refractivity contribution is 0.104. The number of allylic oxidation sites excluding steroid dienone is 1.